The average molecular weight is 349 g/mol. The Kier molecular flexibility index (Phi) is 8.09. The molecule has 1 unspecified atom stereocenters. The van der Waals surface area contributed by atoms with Crippen molar-refractivity contribution in [2.45, 2.75) is 19.1 Å². The van der Waals surface area contributed by atoms with Crippen molar-refractivity contribution in [3.05, 3.63) is 28.2 Å². The molecular formula is C14H21BrO5. The Bertz CT molecular complexity index is 397. The van der Waals surface area contributed by atoms with Crippen molar-refractivity contribution in [2.24, 2.45) is 0 Å². The van der Waals surface area contributed by atoms with Crippen LogP contribution >= 0.6 is 15.9 Å². The number of hydrogen-bond donors (Lipinski definition) is 2. The van der Waals surface area contributed by atoms with Gasteiger partial charge < -0.3 is 24.4 Å². The molecule has 0 aliphatic carbocycles. The largest absolute Gasteiger partial charge is 0.490 e. The van der Waals surface area contributed by atoms with Crippen LogP contribution in [0, 0.1) is 0 Å². The molecule has 0 amide bonds. The van der Waals surface area contributed by atoms with Crippen LogP contribution < -0.4 is 4.74 Å². The summed E-state index contributed by atoms with van der Waals surface area (Å²) in [4.78, 5) is 0. The Morgan fingerprint density at radius 2 is 1.95 bits per heavy atom. The minimum Gasteiger partial charge on any atom is -0.490 e. The van der Waals surface area contributed by atoms with E-state index in [0.29, 0.717) is 24.5 Å². The normalized spacial score (nSPS) is 14.1. The van der Waals surface area contributed by atoms with Gasteiger partial charge in [-0.2, -0.15) is 0 Å². The summed E-state index contributed by atoms with van der Waals surface area (Å²) in [5.74, 6) is 0.547. The number of hydrogen-bond acceptors (Lipinski definition) is 5. The van der Waals surface area contributed by atoms with Crippen molar-refractivity contribution in [3.63, 3.8) is 0 Å². The molecular weight excluding hydrogens is 328 g/mol. The monoisotopic (exact) mass is 348 g/mol. The molecule has 114 valence electrons. The Morgan fingerprint density at radius 1 is 1.20 bits per heavy atom. The van der Waals surface area contributed by atoms with Gasteiger partial charge in [-0.25, -0.2) is 0 Å². The van der Waals surface area contributed by atoms with Gasteiger partial charge in [0.2, 0.25) is 0 Å². The molecule has 0 bridgehead atoms. The summed E-state index contributed by atoms with van der Waals surface area (Å²) in [6.07, 6.45) is -1.36. The summed E-state index contributed by atoms with van der Waals surface area (Å²) in [5.41, 5.74) is 0.681. The lowest BCUT2D eigenvalue weighted by Crippen LogP contribution is -2.24. The summed E-state index contributed by atoms with van der Waals surface area (Å²) in [6, 6.07) is 5.38. The first-order chi connectivity index (χ1) is 9.54. The third-order valence-corrected chi connectivity index (χ3v) is 3.09. The van der Waals surface area contributed by atoms with Gasteiger partial charge in [-0.1, -0.05) is 22.0 Å². The Morgan fingerprint density at radius 3 is 2.60 bits per heavy atom. The van der Waals surface area contributed by atoms with Gasteiger partial charge in [-0.3, -0.25) is 0 Å². The highest BCUT2D eigenvalue weighted by Crippen LogP contribution is 2.28. The maximum Gasteiger partial charge on any atom is 0.126 e. The fourth-order valence-corrected chi connectivity index (χ4v) is 1.91. The van der Waals surface area contributed by atoms with Crippen molar-refractivity contribution in [3.8, 4) is 5.75 Å². The lowest BCUT2D eigenvalue weighted by atomic mass is 10.1. The smallest absolute Gasteiger partial charge is 0.126 e. The minimum absolute atomic E-state index is 0.100. The first kappa shape index (κ1) is 17.4. The molecule has 1 aromatic rings. The van der Waals surface area contributed by atoms with Crippen LogP contribution in [0.3, 0.4) is 0 Å². The maximum absolute atomic E-state index is 9.74. The van der Waals surface area contributed by atoms with Crippen LogP contribution in [-0.4, -0.2) is 49.9 Å². The minimum atomic E-state index is -0.729. The lowest BCUT2D eigenvalue weighted by Gasteiger charge is -2.16. The van der Waals surface area contributed by atoms with Crippen LogP contribution in [0.25, 0.3) is 0 Å². The number of methoxy groups -OCH3 is 1. The molecule has 0 aliphatic rings. The molecule has 0 heterocycles. The van der Waals surface area contributed by atoms with E-state index in [9.17, 15) is 10.2 Å². The van der Waals surface area contributed by atoms with Gasteiger partial charge in [0, 0.05) is 17.1 Å². The Balaban J connectivity index is 2.46. The fraction of sp³-hybridized carbons (Fsp3) is 0.571. The molecule has 1 rings (SSSR count). The van der Waals surface area contributed by atoms with Crippen LogP contribution in [0.1, 0.15) is 18.6 Å². The maximum atomic E-state index is 9.74. The van der Waals surface area contributed by atoms with Gasteiger partial charge in [0.1, 0.15) is 18.5 Å². The summed E-state index contributed by atoms with van der Waals surface area (Å²) >= 11 is 3.35. The number of halogens is 1. The molecule has 20 heavy (non-hydrogen) atoms. The third kappa shape index (κ3) is 6.19. The Hall–Kier alpha value is -0.660. The van der Waals surface area contributed by atoms with Gasteiger partial charge in [-0.15, -0.1) is 0 Å². The molecule has 0 radical (unpaired) electrons. The van der Waals surface area contributed by atoms with Crippen LogP contribution in [0.4, 0.5) is 0 Å². The molecule has 0 spiro atoms. The standard InChI is InChI=1S/C14H21BrO5/c1-10(16)13-4-3-11(15)7-14(13)20-9-12(17)8-19-6-5-18-2/h3-4,7,10,12,16-17H,5-6,8-9H2,1-2H3/t10-,12?/m0/s1. The molecule has 6 heteroatoms. The van der Waals surface area contributed by atoms with E-state index in [1.807, 2.05) is 6.07 Å². The van der Waals surface area contributed by atoms with E-state index in [0.717, 1.165) is 4.47 Å². The predicted octanol–water partition coefficient (Wildman–Crippen LogP) is 1.91. The summed E-state index contributed by atoms with van der Waals surface area (Å²) in [5, 5.41) is 19.4. The molecule has 0 fully saturated rings. The van der Waals surface area contributed by atoms with Gasteiger partial charge in [0.15, 0.2) is 0 Å². The Labute approximate surface area is 127 Å². The second-order valence-corrected chi connectivity index (χ2v) is 5.31. The average Bonchev–Trinajstić information content (AvgIpc) is 2.41. The molecule has 2 atom stereocenters. The lowest BCUT2D eigenvalue weighted by molar-refractivity contribution is -0.00461. The van der Waals surface area contributed by atoms with Crippen molar-refractivity contribution in [1.82, 2.24) is 0 Å². The SMILES string of the molecule is COCCOCC(O)COc1cc(Br)ccc1[C@H](C)O. The highest BCUT2D eigenvalue weighted by Gasteiger charge is 2.12. The van der Waals surface area contributed by atoms with Gasteiger partial charge >= 0.3 is 0 Å². The van der Waals surface area contributed by atoms with Crippen molar-refractivity contribution < 1.29 is 24.4 Å². The van der Waals surface area contributed by atoms with E-state index in [-0.39, 0.29) is 13.2 Å². The molecule has 1 aromatic carbocycles. The molecule has 0 saturated carbocycles. The highest BCUT2D eigenvalue weighted by molar-refractivity contribution is 9.10. The van der Waals surface area contributed by atoms with E-state index >= 15 is 0 Å². The zero-order chi connectivity index (χ0) is 15.0. The number of rotatable bonds is 9. The number of benzene rings is 1. The first-order valence-corrected chi connectivity index (χ1v) is 7.19. The van der Waals surface area contributed by atoms with E-state index in [1.165, 1.54) is 0 Å². The second-order valence-electron chi connectivity index (χ2n) is 4.39. The van der Waals surface area contributed by atoms with Gasteiger partial charge in [0.05, 0.1) is 25.9 Å². The van der Waals surface area contributed by atoms with Gasteiger partial charge in [0.25, 0.3) is 0 Å². The van der Waals surface area contributed by atoms with E-state index in [4.69, 9.17) is 14.2 Å². The number of aliphatic hydroxyl groups is 2. The zero-order valence-electron chi connectivity index (χ0n) is 11.7. The predicted molar refractivity (Wildman–Crippen MR) is 79.0 cm³/mol. The van der Waals surface area contributed by atoms with E-state index in [2.05, 4.69) is 15.9 Å². The van der Waals surface area contributed by atoms with E-state index < -0.39 is 12.2 Å². The van der Waals surface area contributed by atoms with Gasteiger partial charge in [-0.05, 0) is 19.1 Å². The van der Waals surface area contributed by atoms with E-state index in [1.54, 1.807) is 26.2 Å². The topological polar surface area (TPSA) is 68.2 Å². The first-order valence-electron chi connectivity index (χ1n) is 6.39. The van der Waals surface area contributed by atoms with Crippen LogP contribution in [0.5, 0.6) is 5.75 Å². The number of ether oxygens (including phenoxy) is 3. The van der Waals surface area contributed by atoms with Crippen LogP contribution in [-0.2, 0) is 9.47 Å². The van der Waals surface area contributed by atoms with Crippen molar-refractivity contribution in [2.75, 3.05) is 33.5 Å². The summed E-state index contributed by atoms with van der Waals surface area (Å²) in [7, 11) is 1.59. The summed E-state index contributed by atoms with van der Waals surface area (Å²) in [6.45, 7) is 2.87. The van der Waals surface area contributed by atoms with Crippen LogP contribution in [0.15, 0.2) is 22.7 Å². The quantitative estimate of drug-likeness (QED) is 0.667. The van der Waals surface area contributed by atoms with Crippen molar-refractivity contribution >= 4 is 15.9 Å². The molecule has 5 nitrogen and oxygen atoms in total. The van der Waals surface area contributed by atoms with Crippen LogP contribution in [0.2, 0.25) is 0 Å². The third-order valence-electron chi connectivity index (χ3n) is 2.60. The fourth-order valence-electron chi connectivity index (χ4n) is 1.57. The molecule has 0 aliphatic heterocycles. The highest BCUT2D eigenvalue weighted by atomic mass is 79.9. The van der Waals surface area contributed by atoms with Crippen molar-refractivity contribution in [1.29, 1.82) is 0 Å². The second kappa shape index (κ2) is 9.31. The summed E-state index contributed by atoms with van der Waals surface area (Å²) < 4.78 is 16.4. The molecule has 2 N–H and O–H groups in total. The zero-order valence-corrected chi connectivity index (χ0v) is 13.3. The molecule has 0 saturated heterocycles. The number of aliphatic hydroxyl groups excluding tert-OH is 2. The molecule has 0 aromatic heterocycles.